The monoisotopic (exact) mass is 612 g/mol. The first-order valence-corrected chi connectivity index (χ1v) is 13.0. The number of H-pyrrole nitrogens is 1. The maximum Gasteiger partial charge on any atom is 0.423 e. The SMILES string of the molecule is C[C@@H](CCCn1cnc2cc(-c3ncc(C(F)(F)F)c(NC4CC4)n3)c(F)cc2c1=O)Nc1cn[nH]c(=O)c1C(F)(F)F. The van der Waals surface area contributed by atoms with Gasteiger partial charge in [-0.15, -0.1) is 0 Å². The summed E-state index contributed by atoms with van der Waals surface area (Å²) in [5.74, 6) is -1.71. The zero-order chi connectivity index (χ0) is 31.1. The van der Waals surface area contributed by atoms with Gasteiger partial charge in [0.05, 0.1) is 34.7 Å². The number of alkyl halides is 6. The van der Waals surface area contributed by atoms with Gasteiger partial charge in [-0.2, -0.15) is 31.4 Å². The second kappa shape index (κ2) is 11.3. The van der Waals surface area contributed by atoms with Gasteiger partial charge in [0.15, 0.2) is 5.82 Å². The molecule has 0 amide bonds. The molecular weight excluding hydrogens is 589 g/mol. The molecule has 0 unspecified atom stereocenters. The number of fused-ring (bicyclic) bond motifs is 1. The van der Waals surface area contributed by atoms with E-state index in [2.05, 4.69) is 30.7 Å². The van der Waals surface area contributed by atoms with Gasteiger partial charge in [0.2, 0.25) is 0 Å². The Balaban J connectivity index is 1.32. The highest BCUT2D eigenvalue weighted by Crippen LogP contribution is 2.37. The summed E-state index contributed by atoms with van der Waals surface area (Å²) in [4.78, 5) is 36.5. The lowest BCUT2D eigenvalue weighted by Crippen LogP contribution is -2.27. The standard InChI is InChI=1S/C26H23F7N8O2/c1-12(37-19-10-36-40-23(42)20(19)26(31,32)33)3-2-6-41-11-35-18-8-14(17(27)7-15(18)24(41)43)21-34-9-16(25(28,29)30)22(39-21)38-13-4-5-13/h7-13H,2-6H2,1H3,(H,34,38,39)(H2,37,40,42)/t12-/m0/s1. The van der Waals surface area contributed by atoms with E-state index in [0.717, 1.165) is 12.3 Å². The molecule has 43 heavy (non-hydrogen) atoms. The number of hydrogen-bond acceptors (Lipinski definition) is 8. The number of hydrogen-bond donors (Lipinski definition) is 3. The van der Waals surface area contributed by atoms with Crippen molar-refractivity contribution in [3.63, 3.8) is 0 Å². The molecule has 4 aromatic rings. The third-order valence-electron chi connectivity index (χ3n) is 6.74. The lowest BCUT2D eigenvalue weighted by Gasteiger charge is -2.18. The molecule has 1 aliphatic rings. The fourth-order valence-electron chi connectivity index (χ4n) is 4.45. The van der Waals surface area contributed by atoms with Gasteiger partial charge >= 0.3 is 12.4 Å². The lowest BCUT2D eigenvalue weighted by atomic mass is 10.1. The first-order chi connectivity index (χ1) is 20.2. The van der Waals surface area contributed by atoms with E-state index in [1.807, 2.05) is 0 Å². The average molecular weight is 613 g/mol. The molecule has 1 fully saturated rings. The minimum absolute atomic E-state index is 0.0642. The summed E-state index contributed by atoms with van der Waals surface area (Å²) in [7, 11) is 0. The van der Waals surface area contributed by atoms with Gasteiger partial charge < -0.3 is 10.6 Å². The van der Waals surface area contributed by atoms with Crippen LogP contribution >= 0.6 is 0 Å². The number of anilines is 2. The van der Waals surface area contributed by atoms with E-state index in [9.17, 15) is 35.9 Å². The molecular formula is C26H23F7N8O2. The van der Waals surface area contributed by atoms with E-state index in [1.165, 1.54) is 17.0 Å². The smallest absolute Gasteiger partial charge is 0.381 e. The number of rotatable bonds is 9. The van der Waals surface area contributed by atoms with Crippen LogP contribution in [0.3, 0.4) is 0 Å². The van der Waals surface area contributed by atoms with Crippen LogP contribution in [0.15, 0.2) is 40.4 Å². The molecule has 17 heteroatoms. The van der Waals surface area contributed by atoms with Crippen LogP contribution in [0.25, 0.3) is 22.3 Å². The Morgan fingerprint density at radius 3 is 2.49 bits per heavy atom. The topological polar surface area (TPSA) is 130 Å². The van der Waals surface area contributed by atoms with Crippen molar-refractivity contribution >= 4 is 22.4 Å². The molecule has 3 heterocycles. The summed E-state index contributed by atoms with van der Waals surface area (Å²) >= 11 is 0. The van der Waals surface area contributed by atoms with Crippen LogP contribution in [0.1, 0.15) is 43.7 Å². The number of nitrogens with one attached hydrogen (secondary N) is 3. The van der Waals surface area contributed by atoms with Crippen molar-refractivity contribution in [1.82, 2.24) is 29.7 Å². The number of aromatic amines is 1. The van der Waals surface area contributed by atoms with Crippen molar-refractivity contribution < 1.29 is 30.7 Å². The summed E-state index contributed by atoms with van der Waals surface area (Å²) < 4.78 is 96.4. The molecule has 0 radical (unpaired) electrons. The quantitative estimate of drug-likeness (QED) is 0.226. The molecule has 5 rings (SSSR count). The van der Waals surface area contributed by atoms with Crippen molar-refractivity contribution in [3.05, 3.63) is 68.5 Å². The highest BCUT2D eigenvalue weighted by molar-refractivity contribution is 5.82. The fourth-order valence-corrected chi connectivity index (χ4v) is 4.45. The predicted octanol–water partition coefficient (Wildman–Crippen LogP) is 4.97. The van der Waals surface area contributed by atoms with Crippen LogP contribution in [0.2, 0.25) is 0 Å². The molecule has 0 bridgehead atoms. The predicted molar refractivity (Wildman–Crippen MR) is 141 cm³/mol. The minimum atomic E-state index is -4.90. The molecule has 1 aliphatic carbocycles. The van der Waals surface area contributed by atoms with Crippen LogP contribution in [-0.2, 0) is 18.9 Å². The minimum Gasteiger partial charge on any atom is -0.381 e. The highest BCUT2D eigenvalue weighted by Gasteiger charge is 2.38. The van der Waals surface area contributed by atoms with E-state index in [-0.39, 0.29) is 41.3 Å². The third-order valence-corrected chi connectivity index (χ3v) is 6.74. The fraction of sp³-hybridized carbons (Fsp3) is 0.385. The van der Waals surface area contributed by atoms with Crippen LogP contribution in [0, 0.1) is 5.82 Å². The summed E-state index contributed by atoms with van der Waals surface area (Å²) in [6.07, 6.45) is -5.03. The number of halogens is 7. The number of aryl methyl sites for hydroxylation is 1. The Kier molecular flexibility index (Phi) is 7.83. The second-order valence-electron chi connectivity index (χ2n) is 10.1. The van der Waals surface area contributed by atoms with Gasteiger partial charge in [-0.05, 0) is 44.7 Å². The van der Waals surface area contributed by atoms with Crippen molar-refractivity contribution in [2.24, 2.45) is 0 Å². The van der Waals surface area contributed by atoms with E-state index < -0.39 is 58.0 Å². The average Bonchev–Trinajstić information content (AvgIpc) is 3.72. The zero-order valence-corrected chi connectivity index (χ0v) is 22.3. The molecule has 0 aliphatic heterocycles. The van der Waals surface area contributed by atoms with E-state index in [0.29, 0.717) is 25.5 Å². The van der Waals surface area contributed by atoms with Crippen molar-refractivity contribution in [2.45, 2.75) is 63.6 Å². The van der Waals surface area contributed by atoms with Gasteiger partial charge in [-0.3, -0.25) is 14.2 Å². The summed E-state index contributed by atoms with van der Waals surface area (Å²) in [5, 5.41) is 10.4. The largest absolute Gasteiger partial charge is 0.423 e. The number of nitrogens with zero attached hydrogens (tertiary/aromatic N) is 5. The van der Waals surface area contributed by atoms with Crippen molar-refractivity contribution in [2.75, 3.05) is 10.6 Å². The number of aromatic nitrogens is 6. The van der Waals surface area contributed by atoms with Crippen molar-refractivity contribution in [1.29, 1.82) is 0 Å². The Morgan fingerprint density at radius 1 is 1.07 bits per heavy atom. The van der Waals surface area contributed by atoms with Gasteiger partial charge in [-0.25, -0.2) is 24.4 Å². The summed E-state index contributed by atoms with van der Waals surface area (Å²) in [6.45, 7) is 1.68. The van der Waals surface area contributed by atoms with Gasteiger partial charge in [-0.1, -0.05) is 0 Å². The second-order valence-corrected chi connectivity index (χ2v) is 10.1. The molecule has 1 atom stereocenters. The van der Waals surface area contributed by atoms with E-state index in [1.54, 1.807) is 12.0 Å². The molecule has 1 aromatic carbocycles. The molecule has 1 saturated carbocycles. The van der Waals surface area contributed by atoms with Crippen LogP contribution in [0.5, 0.6) is 0 Å². The van der Waals surface area contributed by atoms with E-state index in [4.69, 9.17) is 0 Å². The summed E-state index contributed by atoms with van der Waals surface area (Å²) in [5.41, 5.74) is -5.11. The maximum atomic E-state index is 15.2. The van der Waals surface area contributed by atoms with Crippen LogP contribution in [0.4, 0.5) is 42.2 Å². The third kappa shape index (κ3) is 6.59. The van der Waals surface area contributed by atoms with Crippen LogP contribution < -0.4 is 21.8 Å². The summed E-state index contributed by atoms with van der Waals surface area (Å²) in [6, 6.07) is 1.38. The van der Waals surface area contributed by atoms with E-state index >= 15 is 4.39 Å². The molecule has 0 spiro atoms. The van der Waals surface area contributed by atoms with Crippen molar-refractivity contribution in [3.8, 4) is 11.4 Å². The molecule has 228 valence electrons. The zero-order valence-electron chi connectivity index (χ0n) is 22.3. The normalized spacial score (nSPS) is 14.6. The molecule has 10 nitrogen and oxygen atoms in total. The Labute approximate surface area is 237 Å². The highest BCUT2D eigenvalue weighted by atomic mass is 19.4. The van der Waals surface area contributed by atoms with Gasteiger partial charge in [0, 0.05) is 24.8 Å². The lowest BCUT2D eigenvalue weighted by molar-refractivity contribution is -0.138. The molecule has 3 aromatic heterocycles. The Hall–Kier alpha value is -4.57. The van der Waals surface area contributed by atoms with Gasteiger partial charge in [0.25, 0.3) is 11.1 Å². The Morgan fingerprint density at radius 2 is 1.81 bits per heavy atom. The first-order valence-electron chi connectivity index (χ1n) is 13.0. The first kappa shape index (κ1) is 29.9. The van der Waals surface area contributed by atoms with Gasteiger partial charge in [0.1, 0.15) is 22.8 Å². The molecule has 3 N–H and O–H groups in total. The van der Waals surface area contributed by atoms with Crippen LogP contribution in [-0.4, -0.2) is 41.8 Å². The Bertz CT molecular complexity index is 1780. The number of benzene rings is 1. The molecule has 0 saturated heterocycles. The maximum absolute atomic E-state index is 15.2.